The first-order valence-electron chi connectivity index (χ1n) is 14.4. The van der Waals surface area contributed by atoms with Gasteiger partial charge in [0.1, 0.15) is 12.1 Å². The van der Waals surface area contributed by atoms with Crippen molar-refractivity contribution < 1.29 is 9.53 Å². The van der Waals surface area contributed by atoms with Crippen LogP contribution in [0.5, 0.6) is 0 Å². The second kappa shape index (κ2) is 10.5. The molecule has 0 aromatic rings. The maximum Gasteiger partial charge on any atom is 0.324 e. The minimum atomic E-state index is -0.611. The Bertz CT molecular complexity index is 765. The van der Waals surface area contributed by atoms with Crippen molar-refractivity contribution in [2.24, 2.45) is 52.1 Å². The Morgan fingerprint density at radius 3 is 2.59 bits per heavy atom. The molecule has 0 aliphatic heterocycles. The van der Waals surface area contributed by atoms with Crippen molar-refractivity contribution in [2.75, 3.05) is 5.75 Å². The van der Waals surface area contributed by atoms with Gasteiger partial charge in [0.2, 0.25) is 0 Å². The van der Waals surface area contributed by atoms with E-state index in [1.807, 2.05) is 0 Å². The molecule has 4 heteroatoms. The SMILES string of the molecule is CC(C)CCC[C@@H](C)[C@H]1CCC2C3CC=C4CC(OC(=O)[C@@H](N)CS)CC[C@]4(C)C3CC[C@@]21C. The zero-order valence-electron chi connectivity index (χ0n) is 22.5. The summed E-state index contributed by atoms with van der Waals surface area (Å²) in [6.07, 6.45) is 16.7. The number of fused-ring (bicyclic) bond motifs is 5. The molecule has 34 heavy (non-hydrogen) atoms. The lowest BCUT2D eigenvalue weighted by Gasteiger charge is -2.58. The number of carbonyl (C=O) groups is 1. The predicted octanol–water partition coefficient (Wildman–Crippen LogP) is 7.20. The number of hydrogen-bond acceptors (Lipinski definition) is 4. The van der Waals surface area contributed by atoms with E-state index >= 15 is 0 Å². The van der Waals surface area contributed by atoms with E-state index in [1.165, 1.54) is 51.4 Å². The fraction of sp³-hybridized carbons (Fsp3) is 0.900. The van der Waals surface area contributed by atoms with Gasteiger partial charge in [-0.15, -0.1) is 0 Å². The lowest BCUT2D eigenvalue weighted by molar-refractivity contribution is -0.152. The average Bonchev–Trinajstić information content (AvgIpc) is 3.15. The number of nitrogens with two attached hydrogens (primary N) is 1. The summed E-state index contributed by atoms with van der Waals surface area (Å²) in [6, 6.07) is -0.611. The van der Waals surface area contributed by atoms with Crippen molar-refractivity contribution in [2.45, 2.75) is 117 Å². The Morgan fingerprint density at radius 1 is 1.12 bits per heavy atom. The van der Waals surface area contributed by atoms with E-state index in [2.05, 4.69) is 53.3 Å². The Hall–Kier alpha value is -0.480. The van der Waals surface area contributed by atoms with Gasteiger partial charge in [-0.1, -0.05) is 65.5 Å². The molecule has 0 aromatic carbocycles. The van der Waals surface area contributed by atoms with E-state index in [0.29, 0.717) is 16.6 Å². The molecule has 0 aromatic heterocycles. The van der Waals surface area contributed by atoms with Crippen LogP contribution in [0.15, 0.2) is 11.6 Å². The fourth-order valence-corrected chi connectivity index (χ4v) is 9.23. The van der Waals surface area contributed by atoms with E-state index in [-0.39, 0.29) is 12.1 Å². The molecule has 0 spiro atoms. The maximum atomic E-state index is 12.2. The summed E-state index contributed by atoms with van der Waals surface area (Å²) in [7, 11) is 0. The molecule has 4 unspecified atom stereocenters. The average molecular weight is 490 g/mol. The quantitative estimate of drug-likeness (QED) is 0.215. The second-order valence-electron chi connectivity index (χ2n) is 13.4. The molecule has 194 valence electrons. The van der Waals surface area contributed by atoms with Gasteiger partial charge in [-0.3, -0.25) is 4.79 Å². The summed E-state index contributed by atoms with van der Waals surface area (Å²) in [5, 5.41) is 0. The normalized spacial score (nSPS) is 41.2. The molecule has 3 nitrogen and oxygen atoms in total. The van der Waals surface area contributed by atoms with E-state index in [0.717, 1.165) is 54.8 Å². The third-order valence-electron chi connectivity index (χ3n) is 11.0. The maximum absolute atomic E-state index is 12.2. The van der Waals surface area contributed by atoms with Gasteiger partial charge in [-0.05, 0) is 91.3 Å². The van der Waals surface area contributed by atoms with E-state index in [4.69, 9.17) is 10.5 Å². The molecule has 2 N–H and O–H groups in total. The van der Waals surface area contributed by atoms with Gasteiger partial charge in [0.05, 0.1) is 0 Å². The lowest BCUT2D eigenvalue weighted by Crippen LogP contribution is -2.51. The second-order valence-corrected chi connectivity index (χ2v) is 13.7. The molecule has 0 radical (unpaired) electrons. The summed E-state index contributed by atoms with van der Waals surface area (Å²) >= 11 is 4.15. The number of rotatable bonds is 8. The molecular formula is C30H51NO2S. The van der Waals surface area contributed by atoms with E-state index in [1.54, 1.807) is 5.57 Å². The minimum Gasteiger partial charge on any atom is -0.461 e. The Labute approximate surface area is 214 Å². The van der Waals surface area contributed by atoms with Gasteiger partial charge < -0.3 is 10.5 Å². The number of allylic oxidation sites excluding steroid dienone is 1. The van der Waals surface area contributed by atoms with E-state index in [9.17, 15) is 4.79 Å². The first-order valence-corrected chi connectivity index (χ1v) is 15.0. The highest BCUT2D eigenvalue weighted by Crippen LogP contribution is 2.67. The van der Waals surface area contributed by atoms with Crippen molar-refractivity contribution in [3.8, 4) is 0 Å². The van der Waals surface area contributed by atoms with Crippen LogP contribution in [0.3, 0.4) is 0 Å². The minimum absolute atomic E-state index is 0.00860. The highest BCUT2D eigenvalue weighted by atomic mass is 32.1. The van der Waals surface area contributed by atoms with Crippen LogP contribution < -0.4 is 5.73 Å². The highest BCUT2D eigenvalue weighted by Gasteiger charge is 2.59. The van der Waals surface area contributed by atoms with Gasteiger partial charge in [0, 0.05) is 12.2 Å². The van der Waals surface area contributed by atoms with E-state index < -0.39 is 6.04 Å². The lowest BCUT2D eigenvalue weighted by atomic mass is 9.47. The molecule has 3 fully saturated rings. The summed E-state index contributed by atoms with van der Waals surface area (Å²) < 4.78 is 5.79. The molecular weight excluding hydrogens is 438 g/mol. The van der Waals surface area contributed by atoms with Gasteiger partial charge in [0.15, 0.2) is 0 Å². The fourth-order valence-electron chi connectivity index (χ4n) is 9.08. The number of thiol groups is 1. The topological polar surface area (TPSA) is 52.3 Å². The van der Waals surface area contributed by atoms with Crippen molar-refractivity contribution in [1.29, 1.82) is 0 Å². The number of esters is 1. The first kappa shape index (κ1) is 26.6. The zero-order valence-corrected chi connectivity index (χ0v) is 23.4. The molecule has 9 atom stereocenters. The molecule has 0 saturated heterocycles. The summed E-state index contributed by atoms with van der Waals surface area (Å²) in [4.78, 5) is 12.2. The summed E-state index contributed by atoms with van der Waals surface area (Å²) in [5.74, 6) is 5.20. The molecule has 4 aliphatic rings. The van der Waals surface area contributed by atoms with Crippen LogP contribution in [-0.4, -0.2) is 23.9 Å². The molecule has 0 amide bonds. The monoisotopic (exact) mass is 489 g/mol. The van der Waals surface area contributed by atoms with Crippen LogP contribution in [0, 0.1) is 46.3 Å². The third-order valence-corrected chi connectivity index (χ3v) is 11.4. The number of carbonyl (C=O) groups excluding carboxylic acids is 1. The standard InChI is InChI=1S/C30H51NO2S/c1-19(2)7-6-8-20(3)24-11-12-25-23-10-9-21-17-22(33-28(32)27(31)18-34)13-15-29(21,4)26(23)14-16-30(24,25)5/h9,19-20,22-27,34H,6-8,10-18,31H2,1-5H3/t20-,22?,23?,24-,25?,26?,27+,29+,30-/m1/s1. The third kappa shape index (κ3) is 4.89. The number of ether oxygens (including phenoxy) is 1. The van der Waals surface area contributed by atoms with Crippen LogP contribution in [0.4, 0.5) is 0 Å². The van der Waals surface area contributed by atoms with Crippen LogP contribution in [0.2, 0.25) is 0 Å². The Kier molecular flexibility index (Phi) is 8.19. The largest absolute Gasteiger partial charge is 0.461 e. The van der Waals surface area contributed by atoms with Crippen LogP contribution in [0.1, 0.15) is 105 Å². The van der Waals surface area contributed by atoms with Crippen molar-refractivity contribution in [1.82, 2.24) is 0 Å². The van der Waals surface area contributed by atoms with Crippen LogP contribution in [-0.2, 0) is 9.53 Å². The van der Waals surface area contributed by atoms with Gasteiger partial charge in [0.25, 0.3) is 0 Å². The van der Waals surface area contributed by atoms with Gasteiger partial charge >= 0.3 is 5.97 Å². The van der Waals surface area contributed by atoms with Crippen molar-refractivity contribution >= 4 is 18.6 Å². The smallest absolute Gasteiger partial charge is 0.324 e. The molecule has 4 aliphatic carbocycles. The molecule has 0 heterocycles. The molecule has 3 saturated carbocycles. The number of hydrogen-bond donors (Lipinski definition) is 2. The highest BCUT2D eigenvalue weighted by molar-refractivity contribution is 7.80. The van der Waals surface area contributed by atoms with Gasteiger partial charge in [-0.2, -0.15) is 12.6 Å². The van der Waals surface area contributed by atoms with Crippen molar-refractivity contribution in [3.05, 3.63) is 11.6 Å². The Morgan fingerprint density at radius 2 is 1.88 bits per heavy atom. The van der Waals surface area contributed by atoms with Crippen LogP contribution in [0.25, 0.3) is 0 Å². The van der Waals surface area contributed by atoms with Gasteiger partial charge in [-0.25, -0.2) is 0 Å². The summed E-state index contributed by atoms with van der Waals surface area (Å²) in [5.41, 5.74) is 8.24. The summed E-state index contributed by atoms with van der Waals surface area (Å²) in [6.45, 7) is 12.5. The molecule has 0 bridgehead atoms. The first-order chi connectivity index (χ1) is 16.1. The zero-order chi connectivity index (χ0) is 24.7. The molecule has 4 rings (SSSR count). The predicted molar refractivity (Wildman–Crippen MR) is 145 cm³/mol. The Balaban J connectivity index is 1.43. The van der Waals surface area contributed by atoms with Crippen LogP contribution >= 0.6 is 12.6 Å². The van der Waals surface area contributed by atoms with Crippen molar-refractivity contribution in [3.63, 3.8) is 0 Å².